The second kappa shape index (κ2) is 10.2. The van der Waals surface area contributed by atoms with E-state index in [0.717, 1.165) is 47.8 Å². The van der Waals surface area contributed by atoms with Gasteiger partial charge < -0.3 is 14.8 Å². The molecular weight excluding hydrogens is 430 g/mol. The van der Waals surface area contributed by atoms with Gasteiger partial charge in [0, 0.05) is 28.8 Å². The zero-order chi connectivity index (χ0) is 21.7. The molecule has 1 aliphatic heterocycles. The van der Waals surface area contributed by atoms with Crippen LogP contribution in [0.15, 0.2) is 42.5 Å². The highest BCUT2D eigenvalue weighted by molar-refractivity contribution is 8.00. The Hall–Kier alpha value is -1.85. The first-order valence-electron chi connectivity index (χ1n) is 11.2. The summed E-state index contributed by atoms with van der Waals surface area (Å²) in [7, 11) is 0. The van der Waals surface area contributed by atoms with Crippen LogP contribution in [-0.2, 0) is 11.2 Å². The van der Waals surface area contributed by atoms with Crippen molar-refractivity contribution in [3.05, 3.63) is 58.6 Å². The molecule has 1 saturated carbocycles. The van der Waals surface area contributed by atoms with Crippen LogP contribution in [0, 0.1) is 0 Å². The van der Waals surface area contributed by atoms with Gasteiger partial charge in [0.15, 0.2) is 0 Å². The number of rotatable bonds is 8. The third-order valence-corrected chi connectivity index (χ3v) is 7.61. The van der Waals surface area contributed by atoms with Gasteiger partial charge in [0.1, 0.15) is 17.1 Å². The third-order valence-electron chi connectivity index (χ3n) is 6.10. The van der Waals surface area contributed by atoms with E-state index in [-0.39, 0.29) is 16.8 Å². The minimum Gasteiger partial charge on any atom is -0.494 e. The number of halogens is 1. The molecule has 1 fully saturated rings. The zero-order valence-electron chi connectivity index (χ0n) is 18.0. The van der Waals surface area contributed by atoms with Gasteiger partial charge in [0.2, 0.25) is 5.91 Å². The maximum absolute atomic E-state index is 12.5. The van der Waals surface area contributed by atoms with E-state index in [2.05, 4.69) is 11.4 Å². The summed E-state index contributed by atoms with van der Waals surface area (Å²) in [5, 5.41) is 4.02. The molecule has 1 unspecified atom stereocenters. The summed E-state index contributed by atoms with van der Waals surface area (Å²) >= 11 is 7.65. The number of hydrogen-bond acceptors (Lipinski definition) is 4. The average molecular weight is 460 g/mol. The summed E-state index contributed by atoms with van der Waals surface area (Å²) in [6, 6.07) is 13.9. The van der Waals surface area contributed by atoms with Crippen molar-refractivity contribution < 1.29 is 14.3 Å². The molecule has 0 radical (unpaired) electrons. The van der Waals surface area contributed by atoms with Gasteiger partial charge in [-0.1, -0.05) is 23.7 Å². The van der Waals surface area contributed by atoms with Gasteiger partial charge >= 0.3 is 0 Å². The lowest BCUT2D eigenvalue weighted by molar-refractivity contribution is -0.118. The molecule has 2 aromatic rings. The van der Waals surface area contributed by atoms with Gasteiger partial charge in [-0.2, -0.15) is 0 Å². The van der Waals surface area contributed by atoms with Crippen molar-refractivity contribution >= 4 is 29.3 Å². The molecule has 6 heteroatoms. The van der Waals surface area contributed by atoms with E-state index < -0.39 is 0 Å². The lowest BCUT2D eigenvalue weighted by Gasteiger charge is -2.40. The molecule has 1 atom stereocenters. The number of nitrogens with one attached hydrogen (secondary N) is 1. The molecule has 1 N–H and O–H groups in total. The summed E-state index contributed by atoms with van der Waals surface area (Å²) in [6.07, 6.45) is 6.39. The Morgan fingerprint density at radius 1 is 1.23 bits per heavy atom. The summed E-state index contributed by atoms with van der Waals surface area (Å²) < 4.78 is 12.2. The van der Waals surface area contributed by atoms with Crippen LogP contribution in [-0.4, -0.2) is 30.4 Å². The molecule has 0 bridgehead atoms. The molecule has 31 heavy (non-hydrogen) atoms. The summed E-state index contributed by atoms with van der Waals surface area (Å²) in [4.78, 5) is 12.5. The molecule has 0 saturated heterocycles. The van der Waals surface area contributed by atoms with Crippen molar-refractivity contribution in [2.75, 3.05) is 18.9 Å². The molecule has 1 spiro atoms. The number of fused-ring (bicyclic) bond motifs is 1. The number of ether oxygens (including phenoxy) is 2. The third kappa shape index (κ3) is 5.69. The average Bonchev–Trinajstić information content (AvgIpc) is 3.21. The Kier molecular flexibility index (Phi) is 7.34. The van der Waals surface area contributed by atoms with E-state index in [9.17, 15) is 4.79 Å². The van der Waals surface area contributed by atoms with E-state index >= 15 is 0 Å². The fourth-order valence-corrected chi connectivity index (χ4v) is 5.92. The molecule has 2 aromatic carbocycles. The first-order valence-corrected chi connectivity index (χ1v) is 12.6. The van der Waals surface area contributed by atoms with Crippen molar-refractivity contribution in [3.63, 3.8) is 0 Å². The van der Waals surface area contributed by atoms with Crippen LogP contribution in [0.3, 0.4) is 0 Å². The quantitative estimate of drug-likeness (QED) is 0.528. The minimum atomic E-state index is -0.0666. The SMILES string of the molecule is CCOc1ccc2c(c1)C(SCC(=O)NCCc1ccc(Cl)cc1)CC1(CCCC1)O2. The highest BCUT2D eigenvalue weighted by atomic mass is 35.5. The van der Waals surface area contributed by atoms with Crippen LogP contribution in [0.5, 0.6) is 11.5 Å². The minimum absolute atomic E-state index is 0.0666. The first-order chi connectivity index (χ1) is 15.1. The van der Waals surface area contributed by atoms with Gasteiger partial charge in [-0.05, 0) is 74.9 Å². The topological polar surface area (TPSA) is 47.6 Å². The summed E-state index contributed by atoms with van der Waals surface area (Å²) in [5.41, 5.74) is 2.26. The fourth-order valence-electron chi connectivity index (χ4n) is 4.55. The van der Waals surface area contributed by atoms with E-state index in [1.807, 2.05) is 43.3 Å². The monoisotopic (exact) mass is 459 g/mol. The Morgan fingerprint density at radius 3 is 2.74 bits per heavy atom. The molecular formula is C25H30ClNO3S. The van der Waals surface area contributed by atoms with Crippen LogP contribution >= 0.6 is 23.4 Å². The van der Waals surface area contributed by atoms with Gasteiger partial charge in [-0.3, -0.25) is 4.79 Å². The number of thioether (sulfide) groups is 1. The number of carbonyl (C=O) groups is 1. The second-order valence-corrected chi connectivity index (χ2v) is 9.98. The van der Waals surface area contributed by atoms with Crippen molar-refractivity contribution in [2.24, 2.45) is 0 Å². The largest absolute Gasteiger partial charge is 0.494 e. The predicted octanol–water partition coefficient (Wildman–Crippen LogP) is 5.97. The van der Waals surface area contributed by atoms with E-state index in [0.29, 0.717) is 18.9 Å². The smallest absolute Gasteiger partial charge is 0.230 e. The Morgan fingerprint density at radius 2 is 2.00 bits per heavy atom. The molecule has 4 nitrogen and oxygen atoms in total. The van der Waals surface area contributed by atoms with E-state index in [1.54, 1.807) is 11.8 Å². The van der Waals surface area contributed by atoms with Crippen LogP contribution in [0.4, 0.5) is 0 Å². The Labute approximate surface area is 194 Å². The molecule has 0 aromatic heterocycles. The van der Waals surface area contributed by atoms with Gasteiger partial charge in [-0.25, -0.2) is 0 Å². The summed E-state index contributed by atoms with van der Waals surface area (Å²) in [6.45, 7) is 3.26. The number of amides is 1. The first kappa shape index (κ1) is 22.3. The fraction of sp³-hybridized carbons (Fsp3) is 0.480. The van der Waals surface area contributed by atoms with Crippen LogP contribution in [0.25, 0.3) is 0 Å². The number of hydrogen-bond donors (Lipinski definition) is 1. The second-order valence-electron chi connectivity index (χ2n) is 8.36. The highest BCUT2D eigenvalue weighted by Gasteiger charge is 2.43. The van der Waals surface area contributed by atoms with Crippen molar-refractivity contribution in [2.45, 2.75) is 56.3 Å². The molecule has 1 heterocycles. The molecule has 4 rings (SSSR count). The summed E-state index contributed by atoms with van der Waals surface area (Å²) in [5.74, 6) is 2.34. The normalized spacial score (nSPS) is 19.0. The van der Waals surface area contributed by atoms with Crippen LogP contribution in [0.1, 0.15) is 55.4 Å². The molecule has 1 aliphatic carbocycles. The maximum atomic E-state index is 12.5. The van der Waals surface area contributed by atoms with Gasteiger partial charge in [-0.15, -0.1) is 11.8 Å². The Bertz CT molecular complexity index is 896. The zero-order valence-corrected chi connectivity index (χ0v) is 19.6. The van der Waals surface area contributed by atoms with Gasteiger partial charge in [0.05, 0.1) is 12.4 Å². The molecule has 2 aliphatic rings. The van der Waals surface area contributed by atoms with Crippen molar-refractivity contribution in [3.8, 4) is 11.5 Å². The lowest BCUT2D eigenvalue weighted by Crippen LogP contribution is -2.38. The predicted molar refractivity (Wildman–Crippen MR) is 127 cm³/mol. The molecule has 1 amide bonds. The van der Waals surface area contributed by atoms with Crippen LogP contribution < -0.4 is 14.8 Å². The lowest BCUT2D eigenvalue weighted by atomic mass is 9.89. The maximum Gasteiger partial charge on any atom is 0.230 e. The number of benzene rings is 2. The standard InChI is InChI=1S/C25H30ClNO3S/c1-2-29-20-9-10-22-21(15-20)23(16-25(30-22)12-3-4-13-25)31-17-24(28)27-14-11-18-5-7-19(26)8-6-18/h5-10,15,23H,2-4,11-14,16-17H2,1H3,(H,27,28). The van der Waals surface area contributed by atoms with Crippen LogP contribution in [0.2, 0.25) is 5.02 Å². The highest BCUT2D eigenvalue weighted by Crippen LogP contribution is 2.52. The van der Waals surface area contributed by atoms with Crippen molar-refractivity contribution in [1.29, 1.82) is 0 Å². The Balaban J connectivity index is 1.36. The van der Waals surface area contributed by atoms with E-state index in [1.165, 1.54) is 18.4 Å². The van der Waals surface area contributed by atoms with Crippen molar-refractivity contribution in [1.82, 2.24) is 5.32 Å². The van der Waals surface area contributed by atoms with E-state index in [4.69, 9.17) is 21.1 Å². The molecule has 166 valence electrons. The number of carbonyl (C=O) groups excluding carboxylic acids is 1. The van der Waals surface area contributed by atoms with Gasteiger partial charge in [0.25, 0.3) is 0 Å².